The van der Waals surface area contributed by atoms with E-state index in [2.05, 4.69) is 13.8 Å². The molecule has 1 saturated carbocycles. The Kier molecular flexibility index (Phi) is 5.17. The molecule has 2 fully saturated rings. The van der Waals surface area contributed by atoms with Crippen molar-refractivity contribution in [3.8, 4) is 0 Å². The summed E-state index contributed by atoms with van der Waals surface area (Å²) < 4.78 is 10.9. The fourth-order valence-electron chi connectivity index (χ4n) is 5.51. The zero-order valence-corrected chi connectivity index (χ0v) is 16.6. The van der Waals surface area contributed by atoms with Crippen LogP contribution in [0.15, 0.2) is 23.8 Å². The van der Waals surface area contributed by atoms with Gasteiger partial charge in [-0.3, -0.25) is 4.79 Å². The van der Waals surface area contributed by atoms with Crippen LogP contribution in [0.4, 0.5) is 0 Å². The fourth-order valence-corrected chi connectivity index (χ4v) is 5.51. The van der Waals surface area contributed by atoms with Crippen LogP contribution < -0.4 is 0 Å². The molecule has 3 aliphatic rings. The number of carbonyl (C=O) groups is 3. The van der Waals surface area contributed by atoms with Gasteiger partial charge < -0.3 is 19.7 Å². The van der Waals surface area contributed by atoms with Crippen molar-refractivity contribution < 1.29 is 34.1 Å². The highest BCUT2D eigenvalue weighted by atomic mass is 16.6. The highest BCUT2D eigenvalue weighted by Crippen LogP contribution is 2.63. The molecule has 7 nitrogen and oxygen atoms in total. The minimum absolute atomic E-state index is 0.000569. The van der Waals surface area contributed by atoms with Crippen LogP contribution in [-0.2, 0) is 23.9 Å². The highest BCUT2D eigenvalue weighted by Gasteiger charge is 2.69. The summed E-state index contributed by atoms with van der Waals surface area (Å²) in [5, 5.41) is 20.1. The highest BCUT2D eigenvalue weighted by molar-refractivity contribution is 5.88. The van der Waals surface area contributed by atoms with Gasteiger partial charge in [-0.15, -0.1) is 0 Å². The number of hydrogen-bond donors (Lipinski definition) is 2. The smallest absolute Gasteiger partial charge is 0.343 e. The van der Waals surface area contributed by atoms with E-state index in [-0.39, 0.29) is 30.8 Å². The lowest BCUT2D eigenvalue weighted by molar-refractivity contribution is -0.194. The Morgan fingerprint density at radius 1 is 1.32 bits per heavy atom. The molecule has 0 aromatic heterocycles. The first kappa shape index (κ1) is 20.6. The topological polar surface area (TPSA) is 110 Å². The fraction of sp³-hybridized carbons (Fsp3) is 0.667. The van der Waals surface area contributed by atoms with E-state index in [4.69, 9.17) is 14.6 Å². The average molecular weight is 392 g/mol. The molecule has 0 radical (unpaired) electrons. The molecule has 4 atom stereocenters. The number of hydrogen-bond acceptors (Lipinski definition) is 6. The molecule has 2 N–H and O–H groups in total. The van der Waals surface area contributed by atoms with Gasteiger partial charge in [0.1, 0.15) is 12.7 Å². The zero-order valence-electron chi connectivity index (χ0n) is 16.6. The lowest BCUT2D eigenvalue weighted by atomic mass is 9.46. The molecule has 154 valence electrons. The summed E-state index contributed by atoms with van der Waals surface area (Å²) >= 11 is 0. The molecule has 28 heavy (non-hydrogen) atoms. The van der Waals surface area contributed by atoms with Crippen molar-refractivity contribution >= 4 is 17.9 Å². The van der Waals surface area contributed by atoms with Gasteiger partial charge in [0.05, 0.1) is 0 Å². The first-order valence-electron chi connectivity index (χ1n) is 9.72. The van der Waals surface area contributed by atoms with Crippen LogP contribution >= 0.6 is 0 Å². The molecule has 0 spiro atoms. The molecular formula is C21H28O7. The van der Waals surface area contributed by atoms with Gasteiger partial charge in [-0.1, -0.05) is 33.3 Å². The van der Waals surface area contributed by atoms with E-state index in [0.29, 0.717) is 12.0 Å². The average Bonchev–Trinajstić information content (AvgIpc) is 2.87. The van der Waals surface area contributed by atoms with E-state index < -0.39 is 35.0 Å². The second-order valence-electron chi connectivity index (χ2n) is 8.95. The Balaban J connectivity index is 1.90. The van der Waals surface area contributed by atoms with Gasteiger partial charge in [0.2, 0.25) is 0 Å². The maximum atomic E-state index is 12.5. The molecule has 0 bridgehead atoms. The molecule has 7 heteroatoms. The van der Waals surface area contributed by atoms with Crippen LogP contribution in [0.3, 0.4) is 0 Å². The van der Waals surface area contributed by atoms with Crippen LogP contribution in [0, 0.1) is 16.7 Å². The first-order chi connectivity index (χ1) is 13.0. The molecular weight excluding hydrogens is 364 g/mol. The number of fused-ring (bicyclic) bond motifs is 3. The summed E-state index contributed by atoms with van der Waals surface area (Å²) in [7, 11) is 0. The van der Waals surface area contributed by atoms with E-state index in [1.165, 1.54) is 12.2 Å². The zero-order chi connectivity index (χ0) is 20.7. The summed E-state index contributed by atoms with van der Waals surface area (Å²) in [6.07, 6.45) is 6.37. The van der Waals surface area contributed by atoms with Gasteiger partial charge in [-0.2, -0.15) is 0 Å². The van der Waals surface area contributed by atoms with Crippen molar-refractivity contribution in [3.05, 3.63) is 23.8 Å². The SMILES string of the molecule is CC1(C)CCC[C@]2(C)[C@@H]1[C@H](OC(=O)/C=C/CCC(=O)O)C=C1COC(=O)[C@]12O. The summed E-state index contributed by atoms with van der Waals surface area (Å²) in [6.45, 7) is 6.03. The Morgan fingerprint density at radius 2 is 2.04 bits per heavy atom. The maximum absolute atomic E-state index is 12.5. The number of esters is 2. The number of aliphatic hydroxyl groups is 1. The standard InChI is InChI=1S/C21H28O7/c1-19(2)9-6-10-20(3)17(19)14(11-13-12-27-18(25)21(13,20)26)28-16(24)8-5-4-7-15(22)23/h5,8,11,14,17,26H,4,6-7,9-10,12H2,1-3H3,(H,22,23)/b8-5+/t14-,17-,20-,21-/m1/s1. The van der Waals surface area contributed by atoms with Crippen LogP contribution in [0.25, 0.3) is 0 Å². The van der Waals surface area contributed by atoms with E-state index in [1.54, 1.807) is 6.08 Å². The normalized spacial score (nSPS) is 36.3. The van der Waals surface area contributed by atoms with Crippen molar-refractivity contribution in [3.63, 3.8) is 0 Å². The minimum Gasteiger partial charge on any atom is -0.481 e. The number of ether oxygens (including phenoxy) is 2. The van der Waals surface area contributed by atoms with Crippen molar-refractivity contribution in [1.82, 2.24) is 0 Å². The van der Waals surface area contributed by atoms with Gasteiger partial charge in [0, 0.05) is 29.4 Å². The molecule has 0 aromatic carbocycles. The molecule has 2 aliphatic carbocycles. The Hall–Kier alpha value is -2.15. The predicted octanol–water partition coefficient (Wildman–Crippen LogP) is 2.38. The van der Waals surface area contributed by atoms with Crippen LogP contribution in [-0.4, -0.2) is 46.4 Å². The van der Waals surface area contributed by atoms with Crippen molar-refractivity contribution in [2.24, 2.45) is 16.7 Å². The number of carboxylic acid groups (broad SMARTS) is 1. The molecule has 0 amide bonds. The molecule has 0 unspecified atom stereocenters. The summed E-state index contributed by atoms with van der Waals surface area (Å²) in [5.41, 5.74) is -2.28. The monoisotopic (exact) mass is 392 g/mol. The largest absolute Gasteiger partial charge is 0.481 e. The molecule has 1 heterocycles. The maximum Gasteiger partial charge on any atom is 0.343 e. The quantitative estimate of drug-likeness (QED) is 0.420. The van der Waals surface area contributed by atoms with Crippen LogP contribution in [0.5, 0.6) is 0 Å². The number of carbonyl (C=O) groups excluding carboxylic acids is 2. The first-order valence-corrected chi connectivity index (χ1v) is 9.72. The second-order valence-corrected chi connectivity index (χ2v) is 8.95. The number of aliphatic carboxylic acids is 1. The Labute approximate surface area is 164 Å². The van der Waals surface area contributed by atoms with Crippen molar-refractivity contribution in [1.29, 1.82) is 0 Å². The molecule has 0 aromatic rings. The second kappa shape index (κ2) is 7.03. The number of allylic oxidation sites excluding steroid dienone is 1. The number of cyclic esters (lactones) is 1. The van der Waals surface area contributed by atoms with Crippen LogP contribution in [0.1, 0.15) is 52.9 Å². The van der Waals surface area contributed by atoms with E-state index in [9.17, 15) is 19.5 Å². The Morgan fingerprint density at radius 3 is 2.71 bits per heavy atom. The van der Waals surface area contributed by atoms with Crippen molar-refractivity contribution in [2.75, 3.05) is 6.61 Å². The predicted molar refractivity (Wildman–Crippen MR) is 99.1 cm³/mol. The van der Waals surface area contributed by atoms with Gasteiger partial charge >= 0.3 is 17.9 Å². The summed E-state index contributed by atoms with van der Waals surface area (Å²) in [5.74, 6) is -2.38. The third-order valence-electron chi connectivity index (χ3n) is 6.72. The molecule has 1 aliphatic heterocycles. The third-order valence-corrected chi connectivity index (χ3v) is 6.72. The van der Waals surface area contributed by atoms with Gasteiger partial charge in [-0.25, -0.2) is 9.59 Å². The van der Waals surface area contributed by atoms with Gasteiger partial charge in [0.25, 0.3) is 0 Å². The minimum atomic E-state index is -1.68. The third kappa shape index (κ3) is 3.15. The summed E-state index contributed by atoms with van der Waals surface area (Å²) in [4.78, 5) is 35.4. The van der Waals surface area contributed by atoms with E-state index >= 15 is 0 Å². The molecule has 1 saturated heterocycles. The van der Waals surface area contributed by atoms with Crippen molar-refractivity contribution in [2.45, 2.75) is 64.6 Å². The number of carboxylic acids is 1. The van der Waals surface area contributed by atoms with Crippen LogP contribution in [0.2, 0.25) is 0 Å². The van der Waals surface area contributed by atoms with Gasteiger partial charge in [-0.05, 0) is 30.8 Å². The lowest BCUT2D eigenvalue weighted by Gasteiger charge is -2.59. The summed E-state index contributed by atoms with van der Waals surface area (Å²) in [6, 6.07) is 0. The van der Waals surface area contributed by atoms with Gasteiger partial charge in [0.15, 0.2) is 5.60 Å². The van der Waals surface area contributed by atoms with E-state index in [0.717, 1.165) is 12.8 Å². The lowest BCUT2D eigenvalue weighted by Crippen LogP contribution is -2.65. The molecule has 3 rings (SSSR count). The van der Waals surface area contributed by atoms with E-state index in [1.807, 2.05) is 6.92 Å². The number of rotatable bonds is 5. The Bertz CT molecular complexity index is 750.